The second-order valence-electron chi connectivity index (χ2n) is 4.21. The van der Waals surface area contributed by atoms with Gasteiger partial charge in [0.15, 0.2) is 0 Å². The lowest BCUT2D eigenvalue weighted by molar-refractivity contribution is 0.0702. The molecule has 2 N–H and O–H groups in total. The number of aryl methyl sites for hydroxylation is 1. The molecule has 0 aliphatic carbocycles. The van der Waals surface area contributed by atoms with E-state index in [9.17, 15) is 9.59 Å². The molecule has 0 bridgehead atoms. The van der Waals surface area contributed by atoms with Crippen molar-refractivity contribution in [3.05, 3.63) is 38.0 Å². The summed E-state index contributed by atoms with van der Waals surface area (Å²) in [5.74, 6) is -1.28. The number of rotatable bonds is 5. The number of aromatic nitrogens is 1. The topological polar surface area (TPSA) is 79.3 Å². The van der Waals surface area contributed by atoms with Gasteiger partial charge in [0.05, 0.1) is 10.9 Å². The summed E-state index contributed by atoms with van der Waals surface area (Å²) in [6.07, 6.45) is 2.51. The van der Waals surface area contributed by atoms with E-state index in [0.717, 1.165) is 27.6 Å². The average Bonchev–Trinajstić information content (AvgIpc) is 3.04. The minimum atomic E-state index is -1.02. The Hall–Kier alpha value is -1.73. The minimum absolute atomic E-state index is 0.142. The molecule has 106 valence electrons. The molecule has 7 heteroatoms. The summed E-state index contributed by atoms with van der Waals surface area (Å²) in [5.41, 5.74) is 0. The zero-order valence-corrected chi connectivity index (χ0v) is 12.7. The van der Waals surface area contributed by atoms with E-state index < -0.39 is 5.97 Å². The number of carbonyl (C=O) groups is 2. The molecule has 0 saturated carbocycles. The number of thiazole rings is 1. The highest BCUT2D eigenvalue weighted by Gasteiger charge is 2.19. The van der Waals surface area contributed by atoms with Gasteiger partial charge in [0.1, 0.15) is 9.88 Å². The molecule has 0 aliphatic rings. The maximum absolute atomic E-state index is 12.1. The van der Waals surface area contributed by atoms with Gasteiger partial charge in [0.2, 0.25) is 0 Å². The van der Waals surface area contributed by atoms with Crippen LogP contribution in [0.1, 0.15) is 48.6 Å². The molecular formula is C13H14N2O3S2. The molecule has 1 amide bonds. The van der Waals surface area contributed by atoms with E-state index in [4.69, 9.17) is 5.11 Å². The summed E-state index contributed by atoms with van der Waals surface area (Å²) in [7, 11) is 0. The van der Waals surface area contributed by atoms with Crippen molar-refractivity contribution in [3.63, 3.8) is 0 Å². The van der Waals surface area contributed by atoms with E-state index in [-0.39, 0.29) is 16.8 Å². The molecule has 1 atom stereocenters. The second-order valence-corrected chi connectivity index (χ2v) is 6.56. The molecule has 0 radical (unpaired) electrons. The first-order valence-electron chi connectivity index (χ1n) is 6.07. The smallest absolute Gasteiger partial charge is 0.345 e. The molecule has 2 aromatic heterocycles. The number of carbonyl (C=O) groups excluding carboxylic acids is 1. The maximum atomic E-state index is 12.1. The van der Waals surface area contributed by atoms with Crippen LogP contribution in [-0.4, -0.2) is 22.0 Å². The predicted molar refractivity (Wildman–Crippen MR) is 78.6 cm³/mol. The van der Waals surface area contributed by atoms with E-state index in [1.807, 2.05) is 13.8 Å². The van der Waals surface area contributed by atoms with E-state index in [1.165, 1.54) is 12.1 Å². The number of carboxylic acids is 1. The van der Waals surface area contributed by atoms with Crippen molar-refractivity contribution in [1.82, 2.24) is 10.3 Å². The van der Waals surface area contributed by atoms with Crippen LogP contribution in [-0.2, 0) is 0 Å². The molecule has 0 spiro atoms. The monoisotopic (exact) mass is 310 g/mol. The molecule has 2 heterocycles. The Morgan fingerprint density at radius 3 is 2.55 bits per heavy atom. The Labute approximate surface area is 124 Å². The second kappa shape index (κ2) is 6.15. The zero-order valence-electron chi connectivity index (χ0n) is 11.0. The van der Waals surface area contributed by atoms with E-state index in [2.05, 4.69) is 10.3 Å². The standard InChI is InChI=1S/C13H14N2O3S2/c1-3-8(12-14-6-7(2)19-12)15-11(16)9-4-5-10(20-9)13(17)18/h4-6,8H,3H2,1-2H3,(H,15,16)(H,17,18)/t8-/m0/s1. The molecule has 0 saturated heterocycles. The molecule has 0 aromatic carbocycles. The number of carboxylic acid groups (broad SMARTS) is 1. The highest BCUT2D eigenvalue weighted by atomic mass is 32.1. The Kier molecular flexibility index (Phi) is 4.51. The van der Waals surface area contributed by atoms with Gasteiger partial charge in [-0.2, -0.15) is 0 Å². The van der Waals surface area contributed by atoms with Crippen LogP contribution in [0.2, 0.25) is 0 Å². The number of aromatic carboxylic acids is 1. The number of hydrogen-bond acceptors (Lipinski definition) is 5. The van der Waals surface area contributed by atoms with Crippen molar-refractivity contribution in [3.8, 4) is 0 Å². The first kappa shape index (κ1) is 14.7. The summed E-state index contributed by atoms with van der Waals surface area (Å²) in [6.45, 7) is 3.94. The summed E-state index contributed by atoms with van der Waals surface area (Å²) >= 11 is 2.52. The fraction of sp³-hybridized carbons (Fsp3) is 0.308. The van der Waals surface area contributed by atoms with Crippen LogP contribution in [0, 0.1) is 6.92 Å². The Morgan fingerprint density at radius 2 is 2.05 bits per heavy atom. The van der Waals surface area contributed by atoms with Gasteiger partial charge in [-0.1, -0.05) is 6.92 Å². The van der Waals surface area contributed by atoms with Gasteiger partial charge in [0, 0.05) is 11.1 Å². The van der Waals surface area contributed by atoms with Gasteiger partial charge in [-0.15, -0.1) is 22.7 Å². The van der Waals surface area contributed by atoms with Crippen molar-refractivity contribution in [2.75, 3.05) is 0 Å². The van der Waals surface area contributed by atoms with E-state index >= 15 is 0 Å². The summed E-state index contributed by atoms with van der Waals surface area (Å²) in [5, 5.41) is 12.6. The average molecular weight is 310 g/mol. The molecule has 0 aliphatic heterocycles. The molecular weight excluding hydrogens is 296 g/mol. The van der Waals surface area contributed by atoms with Gasteiger partial charge in [-0.25, -0.2) is 9.78 Å². The van der Waals surface area contributed by atoms with E-state index in [1.54, 1.807) is 17.5 Å². The Balaban J connectivity index is 2.10. The molecule has 5 nitrogen and oxygen atoms in total. The molecule has 0 fully saturated rings. The van der Waals surface area contributed by atoms with Gasteiger partial charge in [-0.3, -0.25) is 4.79 Å². The fourth-order valence-corrected chi connectivity index (χ4v) is 3.33. The van der Waals surface area contributed by atoms with E-state index in [0.29, 0.717) is 4.88 Å². The highest BCUT2D eigenvalue weighted by molar-refractivity contribution is 7.15. The van der Waals surface area contributed by atoms with Crippen molar-refractivity contribution < 1.29 is 14.7 Å². The SMILES string of the molecule is CC[C@H](NC(=O)c1ccc(C(=O)O)s1)c1ncc(C)s1. The van der Waals surface area contributed by atoms with Crippen LogP contribution in [0.15, 0.2) is 18.3 Å². The first-order chi connectivity index (χ1) is 9.51. The lowest BCUT2D eigenvalue weighted by atomic mass is 10.2. The van der Waals surface area contributed by atoms with Crippen molar-refractivity contribution in [2.45, 2.75) is 26.3 Å². The normalized spacial score (nSPS) is 12.1. The van der Waals surface area contributed by atoms with Crippen LogP contribution >= 0.6 is 22.7 Å². The third-order valence-corrected chi connectivity index (χ3v) is 4.79. The molecule has 2 aromatic rings. The third-order valence-electron chi connectivity index (χ3n) is 2.69. The lowest BCUT2D eigenvalue weighted by Crippen LogP contribution is -2.27. The third kappa shape index (κ3) is 3.23. The van der Waals surface area contributed by atoms with Crippen LogP contribution in [0.5, 0.6) is 0 Å². The number of thiophene rings is 1. The number of amides is 1. The van der Waals surface area contributed by atoms with Crippen molar-refractivity contribution in [1.29, 1.82) is 0 Å². The maximum Gasteiger partial charge on any atom is 0.345 e. The van der Waals surface area contributed by atoms with Crippen LogP contribution < -0.4 is 5.32 Å². The fourth-order valence-electron chi connectivity index (χ4n) is 1.68. The van der Waals surface area contributed by atoms with Gasteiger partial charge in [0.25, 0.3) is 5.91 Å². The Morgan fingerprint density at radius 1 is 1.35 bits per heavy atom. The number of hydrogen-bond donors (Lipinski definition) is 2. The summed E-state index contributed by atoms with van der Waals surface area (Å²) in [6, 6.07) is 2.83. The molecule has 20 heavy (non-hydrogen) atoms. The quantitative estimate of drug-likeness (QED) is 0.889. The lowest BCUT2D eigenvalue weighted by Gasteiger charge is -2.13. The molecule has 2 rings (SSSR count). The largest absolute Gasteiger partial charge is 0.477 e. The van der Waals surface area contributed by atoms with Crippen molar-refractivity contribution in [2.24, 2.45) is 0 Å². The molecule has 0 unspecified atom stereocenters. The van der Waals surface area contributed by atoms with Crippen LogP contribution in [0.3, 0.4) is 0 Å². The summed E-state index contributed by atoms with van der Waals surface area (Å²) in [4.78, 5) is 28.9. The summed E-state index contributed by atoms with van der Waals surface area (Å²) < 4.78 is 0. The Bertz CT molecular complexity index is 633. The number of nitrogens with zero attached hydrogens (tertiary/aromatic N) is 1. The van der Waals surface area contributed by atoms with Crippen molar-refractivity contribution >= 4 is 34.6 Å². The first-order valence-corrected chi connectivity index (χ1v) is 7.71. The van der Waals surface area contributed by atoms with Crippen LogP contribution in [0.25, 0.3) is 0 Å². The van der Waals surface area contributed by atoms with Gasteiger partial charge < -0.3 is 10.4 Å². The minimum Gasteiger partial charge on any atom is -0.477 e. The van der Waals surface area contributed by atoms with Crippen LogP contribution in [0.4, 0.5) is 0 Å². The van der Waals surface area contributed by atoms with Gasteiger partial charge >= 0.3 is 5.97 Å². The highest BCUT2D eigenvalue weighted by Crippen LogP contribution is 2.23. The van der Waals surface area contributed by atoms with Gasteiger partial charge in [-0.05, 0) is 25.5 Å². The zero-order chi connectivity index (χ0) is 14.7. The number of nitrogens with one attached hydrogen (secondary N) is 1. The predicted octanol–water partition coefficient (Wildman–Crippen LogP) is 3.09.